The number of nitrogens with zero attached hydrogens (tertiary/aromatic N) is 4. The summed E-state index contributed by atoms with van der Waals surface area (Å²) < 4.78 is 27.7. The van der Waals surface area contributed by atoms with Gasteiger partial charge >= 0.3 is 0 Å². The summed E-state index contributed by atoms with van der Waals surface area (Å²) in [4.78, 5) is 30.8. The third-order valence-corrected chi connectivity index (χ3v) is 7.50. The molecule has 0 aliphatic rings. The molecule has 6 rings (SSSR count). The molecule has 4 N–H and O–H groups in total. The maximum absolute atomic E-state index is 13.9. The second-order valence-corrected chi connectivity index (χ2v) is 11.8. The van der Waals surface area contributed by atoms with Gasteiger partial charge in [0.25, 0.3) is 5.56 Å². The monoisotopic (exact) mass is 581 g/mol. The number of phenolic OH excluding ortho intramolecular Hbond substituents is 1. The number of aryl methyl sites for hydroxylation is 1. The molecule has 1 unspecified atom stereocenters. The number of hydrogen-bond acceptors (Lipinski definition) is 8. The van der Waals surface area contributed by atoms with E-state index in [0.29, 0.717) is 50.4 Å². The van der Waals surface area contributed by atoms with Crippen LogP contribution in [-0.2, 0) is 10.0 Å². The number of anilines is 2. The van der Waals surface area contributed by atoms with E-state index in [2.05, 4.69) is 25.0 Å². The minimum Gasteiger partial charge on any atom is -0.508 e. The summed E-state index contributed by atoms with van der Waals surface area (Å²) in [6, 6.07) is 18.9. The quantitative estimate of drug-likeness (QED) is 0.208. The van der Waals surface area contributed by atoms with Gasteiger partial charge in [0.1, 0.15) is 29.4 Å². The number of para-hydroxylation sites is 1. The smallest absolute Gasteiger partial charge is 0.266 e. The first-order chi connectivity index (χ1) is 20.1. The van der Waals surface area contributed by atoms with Crippen LogP contribution in [0, 0.1) is 6.92 Å². The number of aromatic amines is 1. The van der Waals surface area contributed by atoms with Crippen molar-refractivity contribution in [3.63, 3.8) is 0 Å². The Hall–Kier alpha value is -5.23. The molecule has 0 saturated carbocycles. The zero-order chi connectivity index (χ0) is 29.6. The predicted molar refractivity (Wildman–Crippen MR) is 164 cm³/mol. The number of rotatable bonds is 7. The molecule has 6 aromatic rings. The highest BCUT2D eigenvalue weighted by molar-refractivity contribution is 7.92. The Morgan fingerprint density at radius 3 is 2.55 bits per heavy atom. The van der Waals surface area contributed by atoms with E-state index >= 15 is 0 Å². The fourth-order valence-corrected chi connectivity index (χ4v) is 5.69. The molecule has 42 heavy (non-hydrogen) atoms. The fourth-order valence-electron chi connectivity index (χ4n) is 5.14. The minimum atomic E-state index is -3.57. The highest BCUT2D eigenvalue weighted by Gasteiger charge is 2.22. The van der Waals surface area contributed by atoms with Crippen molar-refractivity contribution in [3.05, 3.63) is 101 Å². The van der Waals surface area contributed by atoms with Crippen LogP contribution >= 0.6 is 0 Å². The average molecular weight is 582 g/mol. The summed E-state index contributed by atoms with van der Waals surface area (Å²) in [5.41, 5.74) is 3.86. The van der Waals surface area contributed by atoms with E-state index in [9.17, 15) is 18.3 Å². The third kappa shape index (κ3) is 5.03. The second kappa shape index (κ2) is 10.3. The van der Waals surface area contributed by atoms with Gasteiger partial charge in [0.2, 0.25) is 10.0 Å². The molecule has 1 atom stereocenters. The van der Waals surface area contributed by atoms with Crippen LogP contribution in [0.5, 0.6) is 5.75 Å². The summed E-state index contributed by atoms with van der Waals surface area (Å²) in [5, 5.41) is 14.9. The van der Waals surface area contributed by atoms with Crippen LogP contribution in [0.2, 0.25) is 0 Å². The summed E-state index contributed by atoms with van der Waals surface area (Å²) in [7, 11) is -3.57. The number of sulfonamides is 1. The van der Waals surface area contributed by atoms with E-state index in [1.54, 1.807) is 16.8 Å². The highest BCUT2D eigenvalue weighted by Crippen LogP contribution is 2.36. The molecule has 3 aromatic carbocycles. The van der Waals surface area contributed by atoms with E-state index in [1.807, 2.05) is 62.4 Å². The number of fused-ring (bicyclic) bond motifs is 2. The molecule has 3 heterocycles. The predicted octanol–water partition coefficient (Wildman–Crippen LogP) is 4.88. The lowest BCUT2D eigenvalue weighted by molar-refractivity contribution is 0.476. The van der Waals surface area contributed by atoms with Crippen LogP contribution < -0.4 is 15.6 Å². The Bertz CT molecular complexity index is 2140. The molecule has 0 radical (unpaired) electrons. The van der Waals surface area contributed by atoms with Gasteiger partial charge in [-0.2, -0.15) is 0 Å². The Labute approximate surface area is 241 Å². The van der Waals surface area contributed by atoms with Crippen molar-refractivity contribution >= 4 is 43.5 Å². The molecule has 0 bridgehead atoms. The van der Waals surface area contributed by atoms with Gasteiger partial charge in [0.05, 0.1) is 40.0 Å². The van der Waals surface area contributed by atoms with Gasteiger partial charge in [-0.25, -0.2) is 23.4 Å². The first kappa shape index (κ1) is 27.0. The molecule has 212 valence electrons. The maximum Gasteiger partial charge on any atom is 0.266 e. The van der Waals surface area contributed by atoms with E-state index < -0.39 is 16.1 Å². The second-order valence-electron chi connectivity index (χ2n) is 10.1. The molecule has 3 aromatic heterocycles. The lowest BCUT2D eigenvalue weighted by atomic mass is 10.0. The van der Waals surface area contributed by atoms with Gasteiger partial charge in [-0.3, -0.25) is 14.1 Å². The number of H-pyrrole nitrogens is 1. The Kier molecular flexibility index (Phi) is 6.62. The Morgan fingerprint density at radius 1 is 1.00 bits per heavy atom. The van der Waals surface area contributed by atoms with Gasteiger partial charge in [-0.15, -0.1) is 0 Å². The minimum absolute atomic E-state index is 0.115. The van der Waals surface area contributed by atoms with Crippen LogP contribution in [0.4, 0.5) is 11.5 Å². The Balaban J connectivity index is 1.49. The number of aromatic hydroxyl groups is 1. The van der Waals surface area contributed by atoms with E-state index in [1.165, 1.54) is 18.5 Å². The summed E-state index contributed by atoms with van der Waals surface area (Å²) in [6.07, 6.45) is 4.17. The van der Waals surface area contributed by atoms with Crippen molar-refractivity contribution in [1.29, 1.82) is 0 Å². The number of benzene rings is 3. The van der Waals surface area contributed by atoms with Crippen molar-refractivity contribution in [2.45, 2.75) is 19.9 Å². The van der Waals surface area contributed by atoms with E-state index in [-0.39, 0.29) is 17.0 Å². The fraction of sp³-hybridized carbons (Fsp3) is 0.133. The van der Waals surface area contributed by atoms with Crippen LogP contribution in [0.15, 0.2) is 84.0 Å². The first-order valence-corrected chi connectivity index (χ1v) is 15.0. The average Bonchev–Trinajstić information content (AvgIpc) is 3.37. The van der Waals surface area contributed by atoms with Crippen molar-refractivity contribution in [1.82, 2.24) is 24.5 Å². The molecule has 0 aliphatic heterocycles. The van der Waals surface area contributed by atoms with Crippen LogP contribution in [0.1, 0.15) is 24.4 Å². The van der Waals surface area contributed by atoms with Gasteiger partial charge in [0, 0.05) is 17.8 Å². The lowest BCUT2D eigenvalue weighted by Crippen LogP contribution is -2.27. The van der Waals surface area contributed by atoms with Gasteiger partial charge in [-0.1, -0.05) is 30.3 Å². The van der Waals surface area contributed by atoms with Gasteiger partial charge in [0.15, 0.2) is 0 Å². The highest BCUT2D eigenvalue weighted by atomic mass is 32.2. The van der Waals surface area contributed by atoms with E-state index in [4.69, 9.17) is 4.98 Å². The standard InChI is InChI=1S/C30H27N7O4S/c1-17-8-7-11-24-25(17)30(39)37(21-9-5-4-6-10-21)29(35-24)18(2)34-28-26-23(15-31-27(26)32-16-33-28)19-12-20(14-22(38)13-19)36-42(3,40)41/h4-16,18,36,38H,1-3H3,(H2,31,32,33,34). The van der Waals surface area contributed by atoms with Crippen LogP contribution in [0.3, 0.4) is 0 Å². The SMILES string of the molecule is Cc1cccc2nc(C(C)Nc3ncnc4[nH]cc(-c5cc(O)cc(NS(C)(=O)=O)c5)c34)n(-c3ccccc3)c(=O)c12. The normalized spacial score (nSPS) is 12.5. The lowest BCUT2D eigenvalue weighted by Gasteiger charge is -2.21. The molecular formula is C30H27N7O4S. The molecule has 0 saturated heterocycles. The van der Waals surface area contributed by atoms with Gasteiger partial charge < -0.3 is 15.4 Å². The number of nitrogens with one attached hydrogen (secondary N) is 3. The number of phenols is 1. The maximum atomic E-state index is 13.9. The molecule has 0 spiro atoms. The van der Waals surface area contributed by atoms with Crippen molar-refractivity contribution < 1.29 is 13.5 Å². The zero-order valence-corrected chi connectivity index (χ0v) is 23.8. The van der Waals surface area contributed by atoms with Crippen LogP contribution in [-0.4, -0.2) is 44.3 Å². The molecule has 11 nitrogen and oxygen atoms in total. The topological polar surface area (TPSA) is 155 Å². The molecule has 12 heteroatoms. The molecule has 0 fully saturated rings. The third-order valence-electron chi connectivity index (χ3n) is 6.89. The molecule has 0 aliphatic carbocycles. The van der Waals surface area contributed by atoms with Crippen molar-refractivity contribution in [3.8, 4) is 22.6 Å². The number of aromatic nitrogens is 5. The van der Waals surface area contributed by atoms with Crippen molar-refractivity contribution in [2.24, 2.45) is 0 Å². The van der Waals surface area contributed by atoms with E-state index in [0.717, 1.165) is 11.8 Å². The molecular weight excluding hydrogens is 554 g/mol. The molecule has 0 amide bonds. The zero-order valence-electron chi connectivity index (χ0n) is 23.0. The Morgan fingerprint density at radius 2 is 1.79 bits per heavy atom. The first-order valence-electron chi connectivity index (χ1n) is 13.1. The van der Waals surface area contributed by atoms with Crippen molar-refractivity contribution in [2.75, 3.05) is 16.3 Å². The number of hydrogen-bond donors (Lipinski definition) is 4. The largest absolute Gasteiger partial charge is 0.508 e. The summed E-state index contributed by atoms with van der Waals surface area (Å²) in [5.74, 6) is 0.836. The summed E-state index contributed by atoms with van der Waals surface area (Å²) >= 11 is 0. The van der Waals surface area contributed by atoms with Gasteiger partial charge in [-0.05, 0) is 55.3 Å². The summed E-state index contributed by atoms with van der Waals surface area (Å²) in [6.45, 7) is 3.79. The van der Waals surface area contributed by atoms with Crippen LogP contribution in [0.25, 0.3) is 38.8 Å².